The molecule has 2 fully saturated rings. The highest BCUT2D eigenvalue weighted by molar-refractivity contribution is 7.90. The molecule has 1 atom stereocenters. The number of hydrogen-bond donors (Lipinski definition) is 2. The smallest absolute Gasteiger partial charge is 0.406 e. The van der Waals surface area contributed by atoms with Crippen LogP contribution < -0.4 is 4.72 Å². The zero-order chi connectivity index (χ0) is 17.4. The molecular formula is C13H21F3N2O4S. The minimum Gasteiger partial charge on any atom is -0.480 e. The van der Waals surface area contributed by atoms with E-state index in [1.807, 2.05) is 0 Å². The molecule has 0 saturated heterocycles. The summed E-state index contributed by atoms with van der Waals surface area (Å²) in [7, 11) is -4.47. The molecular weight excluding hydrogens is 337 g/mol. The molecule has 0 aliphatic heterocycles. The minimum atomic E-state index is -4.81. The van der Waals surface area contributed by atoms with E-state index in [4.69, 9.17) is 5.11 Å². The van der Waals surface area contributed by atoms with Crippen molar-refractivity contribution in [3.8, 4) is 0 Å². The summed E-state index contributed by atoms with van der Waals surface area (Å²) < 4.78 is 63.0. The maximum absolute atomic E-state index is 12.5. The number of nitrogens with one attached hydrogen (secondary N) is 1. The van der Waals surface area contributed by atoms with Gasteiger partial charge in [-0.3, -0.25) is 9.69 Å². The molecule has 134 valence electrons. The number of sulfonamides is 1. The Bertz CT molecular complexity index is 542. The van der Waals surface area contributed by atoms with Crippen molar-refractivity contribution in [3.63, 3.8) is 0 Å². The summed E-state index contributed by atoms with van der Waals surface area (Å²) in [5, 5.41) is 6.46. The van der Waals surface area contributed by atoms with Gasteiger partial charge in [-0.05, 0) is 38.5 Å². The second-order valence-corrected chi connectivity index (χ2v) is 8.47. The highest BCUT2D eigenvalue weighted by Gasteiger charge is 2.47. The van der Waals surface area contributed by atoms with Crippen LogP contribution in [0.4, 0.5) is 13.2 Å². The van der Waals surface area contributed by atoms with Gasteiger partial charge in [-0.2, -0.15) is 13.2 Å². The molecule has 0 aromatic carbocycles. The summed E-state index contributed by atoms with van der Waals surface area (Å²) >= 11 is 0. The zero-order valence-corrected chi connectivity index (χ0v) is 13.5. The molecule has 0 amide bonds. The molecule has 2 N–H and O–H groups in total. The maximum Gasteiger partial charge on any atom is 0.406 e. The first kappa shape index (κ1) is 18.5. The highest BCUT2D eigenvalue weighted by Crippen LogP contribution is 2.34. The van der Waals surface area contributed by atoms with Crippen molar-refractivity contribution < 1.29 is 31.5 Å². The van der Waals surface area contributed by atoms with E-state index < -0.39 is 33.5 Å². The first-order chi connectivity index (χ1) is 10.5. The fraction of sp³-hybridized carbons (Fsp3) is 0.923. The molecule has 0 aromatic rings. The molecule has 2 aliphatic carbocycles. The summed E-state index contributed by atoms with van der Waals surface area (Å²) in [6.07, 6.45) is -2.02. The van der Waals surface area contributed by atoms with E-state index in [9.17, 15) is 26.4 Å². The number of halogens is 3. The predicted octanol–water partition coefficient (Wildman–Crippen LogP) is 1.18. The minimum absolute atomic E-state index is 0.0967. The van der Waals surface area contributed by atoms with Crippen molar-refractivity contribution in [2.75, 3.05) is 13.1 Å². The van der Waals surface area contributed by atoms with E-state index in [-0.39, 0.29) is 12.6 Å². The van der Waals surface area contributed by atoms with Gasteiger partial charge in [0.1, 0.15) is 0 Å². The van der Waals surface area contributed by atoms with E-state index in [0.29, 0.717) is 32.2 Å². The van der Waals surface area contributed by atoms with Crippen molar-refractivity contribution in [3.05, 3.63) is 0 Å². The zero-order valence-electron chi connectivity index (χ0n) is 12.7. The van der Waals surface area contributed by atoms with Gasteiger partial charge in [0.05, 0.1) is 6.54 Å². The van der Waals surface area contributed by atoms with E-state index in [2.05, 4.69) is 4.72 Å². The van der Waals surface area contributed by atoms with Crippen LogP contribution in [0.25, 0.3) is 0 Å². The van der Waals surface area contributed by atoms with Gasteiger partial charge in [-0.1, -0.05) is 0 Å². The number of carbonyl (C=O) groups is 1. The first-order valence-electron chi connectivity index (χ1n) is 7.52. The Kier molecular flexibility index (Phi) is 5.27. The number of nitrogens with zero attached hydrogens (tertiary/aromatic N) is 1. The van der Waals surface area contributed by atoms with Crippen LogP contribution in [0, 0.1) is 5.92 Å². The molecule has 23 heavy (non-hydrogen) atoms. The molecule has 0 radical (unpaired) electrons. The topological polar surface area (TPSA) is 86.7 Å². The molecule has 0 aromatic heterocycles. The Labute approximate surface area is 133 Å². The van der Waals surface area contributed by atoms with E-state index in [1.54, 1.807) is 4.90 Å². The molecule has 2 saturated carbocycles. The molecule has 1 unspecified atom stereocenters. The lowest BCUT2D eigenvalue weighted by atomic mass is 9.86. The number of rotatable bonds is 8. The quantitative estimate of drug-likeness (QED) is 0.681. The summed E-state index contributed by atoms with van der Waals surface area (Å²) in [5.41, 5.74) is 0. The van der Waals surface area contributed by atoms with E-state index in [1.165, 1.54) is 0 Å². The van der Waals surface area contributed by atoms with Gasteiger partial charge in [0, 0.05) is 18.6 Å². The van der Waals surface area contributed by atoms with Crippen molar-refractivity contribution >= 4 is 16.0 Å². The maximum atomic E-state index is 12.5. The van der Waals surface area contributed by atoms with Crippen molar-refractivity contribution in [1.29, 1.82) is 0 Å². The molecule has 2 aliphatic rings. The van der Waals surface area contributed by atoms with Crippen LogP contribution in [0.2, 0.25) is 0 Å². The van der Waals surface area contributed by atoms with Gasteiger partial charge < -0.3 is 5.11 Å². The molecule has 0 spiro atoms. The van der Waals surface area contributed by atoms with Crippen LogP contribution >= 0.6 is 0 Å². The van der Waals surface area contributed by atoms with Gasteiger partial charge in [0.25, 0.3) is 0 Å². The Morgan fingerprint density at radius 3 is 2.35 bits per heavy atom. The van der Waals surface area contributed by atoms with Crippen LogP contribution in [-0.2, 0) is 14.8 Å². The predicted molar refractivity (Wildman–Crippen MR) is 76.3 cm³/mol. The normalized spacial score (nSPS) is 26.8. The third kappa shape index (κ3) is 5.05. The highest BCUT2D eigenvalue weighted by atomic mass is 32.2. The lowest BCUT2D eigenvalue weighted by molar-refractivity contribution is -0.139. The molecule has 0 bridgehead atoms. The molecule has 10 heteroatoms. The van der Waals surface area contributed by atoms with Gasteiger partial charge in [-0.25, -0.2) is 13.1 Å². The number of carboxylic acid groups (broad SMARTS) is 1. The van der Waals surface area contributed by atoms with Crippen LogP contribution in [0.3, 0.4) is 0 Å². The number of alkyl halides is 3. The molecule has 0 heterocycles. The van der Waals surface area contributed by atoms with Crippen LogP contribution in [0.15, 0.2) is 0 Å². The van der Waals surface area contributed by atoms with E-state index >= 15 is 0 Å². The third-order valence-electron chi connectivity index (χ3n) is 4.41. The number of hydrogen-bond acceptors (Lipinski definition) is 4. The SMILES string of the molecule is CC(C(F)(F)F)S(=O)(=O)NC1CC(N(CC(=O)O)CC2CC2)C1. The third-order valence-corrected chi connectivity index (χ3v) is 6.27. The standard InChI is InChI=1S/C13H21F3N2O4S/c1-8(13(14,15)16)23(21,22)17-10-4-11(5-10)18(7-12(19)20)6-9-2-3-9/h8-11,17H,2-7H2,1H3,(H,19,20). The van der Waals surface area contributed by atoms with Crippen LogP contribution in [0.5, 0.6) is 0 Å². The van der Waals surface area contributed by atoms with E-state index in [0.717, 1.165) is 12.8 Å². The summed E-state index contributed by atoms with van der Waals surface area (Å²) in [6.45, 7) is 1.14. The molecule has 6 nitrogen and oxygen atoms in total. The van der Waals surface area contributed by atoms with Gasteiger partial charge >= 0.3 is 12.1 Å². The second-order valence-electron chi connectivity index (χ2n) is 6.44. The molecule has 2 rings (SSSR count). The lowest BCUT2D eigenvalue weighted by Gasteiger charge is -2.42. The fourth-order valence-corrected chi connectivity index (χ4v) is 3.85. The van der Waals surface area contributed by atoms with Crippen molar-refractivity contribution in [2.45, 2.75) is 56.1 Å². The van der Waals surface area contributed by atoms with Gasteiger partial charge in [0.15, 0.2) is 5.25 Å². The Morgan fingerprint density at radius 1 is 1.35 bits per heavy atom. The Balaban J connectivity index is 1.86. The summed E-state index contributed by atoms with van der Waals surface area (Å²) in [6, 6.07) is -0.661. The van der Waals surface area contributed by atoms with Crippen molar-refractivity contribution in [2.24, 2.45) is 5.92 Å². The number of aliphatic carboxylic acids is 1. The number of carboxylic acids is 1. The summed E-state index contributed by atoms with van der Waals surface area (Å²) in [5.74, 6) is -0.476. The fourth-order valence-electron chi connectivity index (χ4n) is 2.64. The Hall–Kier alpha value is -0.870. The largest absolute Gasteiger partial charge is 0.480 e. The monoisotopic (exact) mass is 358 g/mol. The van der Waals surface area contributed by atoms with Gasteiger partial charge in [0.2, 0.25) is 10.0 Å². The van der Waals surface area contributed by atoms with Crippen LogP contribution in [-0.4, -0.2) is 61.0 Å². The second kappa shape index (κ2) is 6.56. The Morgan fingerprint density at radius 2 is 1.91 bits per heavy atom. The lowest BCUT2D eigenvalue weighted by Crippen LogP contribution is -2.57. The van der Waals surface area contributed by atoms with Crippen LogP contribution in [0.1, 0.15) is 32.6 Å². The van der Waals surface area contributed by atoms with Crippen molar-refractivity contribution in [1.82, 2.24) is 9.62 Å². The van der Waals surface area contributed by atoms with Gasteiger partial charge in [-0.15, -0.1) is 0 Å². The first-order valence-corrected chi connectivity index (χ1v) is 9.07. The average molecular weight is 358 g/mol. The average Bonchev–Trinajstić information content (AvgIpc) is 3.13. The summed E-state index contributed by atoms with van der Waals surface area (Å²) in [4.78, 5) is 12.7.